The van der Waals surface area contributed by atoms with Crippen molar-refractivity contribution in [2.24, 2.45) is 0 Å². The molecule has 4 aromatic rings. The van der Waals surface area contributed by atoms with Gasteiger partial charge in [0.15, 0.2) is 0 Å². The molecule has 0 heterocycles. The van der Waals surface area contributed by atoms with Crippen LogP contribution in [0.15, 0.2) is 48.5 Å². The minimum absolute atomic E-state index is 0.172. The number of rotatable bonds is 12. The van der Waals surface area contributed by atoms with Crippen LogP contribution in [0.4, 0.5) is 0 Å². The highest BCUT2D eigenvalue weighted by Crippen LogP contribution is 2.55. The summed E-state index contributed by atoms with van der Waals surface area (Å²) in [5.41, 5.74) is 7.97. The first-order chi connectivity index (χ1) is 25.4. The fraction of sp³-hybridized carbons (Fsp3) is 0.478. The van der Waals surface area contributed by atoms with Gasteiger partial charge in [0.2, 0.25) is 0 Å². The molecule has 7 nitrogen and oxygen atoms in total. The lowest BCUT2D eigenvalue weighted by Crippen LogP contribution is -2.24. The smallest absolute Gasteiger partial charge is 0.275 e. The van der Waals surface area contributed by atoms with E-state index < -0.39 is 5.60 Å². The van der Waals surface area contributed by atoms with Crippen molar-refractivity contribution in [3.63, 3.8) is 0 Å². The van der Waals surface area contributed by atoms with Crippen molar-refractivity contribution in [1.29, 1.82) is 0 Å². The molecular formula is C46H64O7P2. The van der Waals surface area contributed by atoms with Gasteiger partial charge in [-0.15, -0.1) is 0 Å². The lowest BCUT2D eigenvalue weighted by atomic mass is 9.74. The summed E-state index contributed by atoms with van der Waals surface area (Å²) in [6.45, 7) is 34.7. The fourth-order valence-corrected chi connectivity index (χ4v) is 7.89. The number of hydrogen-bond donors (Lipinski definition) is 0. The maximum Gasteiger partial charge on any atom is 0.275 e. The molecule has 0 fully saturated rings. The Morgan fingerprint density at radius 2 is 0.836 bits per heavy atom. The van der Waals surface area contributed by atoms with E-state index in [9.17, 15) is 0 Å². The maximum atomic E-state index is 6.94. The highest BCUT2D eigenvalue weighted by atomic mass is 31.1. The van der Waals surface area contributed by atoms with Crippen molar-refractivity contribution in [3.05, 3.63) is 87.5 Å². The SMILES string of the molecule is COc1ccc(OPOc2c(C(C)(C)C)cc(OC(C)(C)C)c(C)c2-c2c(C)c(C(C)(C)C)cc(C(C)(C)C)c2OPOc2ccc(OC)cc2C)c(C)c1. The van der Waals surface area contributed by atoms with Crippen LogP contribution in [0.5, 0.6) is 40.2 Å². The third-order valence-electron chi connectivity index (χ3n) is 9.48. The minimum Gasteiger partial charge on any atom is -0.497 e. The standard InChI is InChI=1S/C46H64O7P2/c1-27-23-31(47-17)19-21-36(27)50-54-52-41-34(44(8,9)10)25-33(43(5,6)7)29(3)39(41)40-30(4)38(49-46(14,15)16)26-35(45(11,12)13)42(40)53-55-51-37-22-20-32(48-18)24-28(37)2/h19-26,54-55H,1-18H3. The predicted octanol–water partition coefficient (Wildman–Crippen LogP) is 13.6. The number of ether oxygens (including phenoxy) is 3. The highest BCUT2D eigenvalue weighted by molar-refractivity contribution is 7.27. The van der Waals surface area contributed by atoms with E-state index in [2.05, 4.69) is 109 Å². The second kappa shape index (κ2) is 16.8. The lowest BCUT2D eigenvalue weighted by Gasteiger charge is -2.34. The Morgan fingerprint density at radius 3 is 1.20 bits per heavy atom. The van der Waals surface area contributed by atoms with Crippen LogP contribution in [0.1, 0.15) is 122 Å². The molecule has 9 heteroatoms. The summed E-state index contributed by atoms with van der Waals surface area (Å²) in [7, 11) is 2.68. The summed E-state index contributed by atoms with van der Waals surface area (Å²) in [4.78, 5) is 0. The molecule has 4 rings (SSSR count). The summed E-state index contributed by atoms with van der Waals surface area (Å²) in [5.74, 6) is 5.33. The Bertz CT molecular complexity index is 1990. The number of hydrogen-bond acceptors (Lipinski definition) is 7. The van der Waals surface area contributed by atoms with Gasteiger partial charge < -0.3 is 32.3 Å². The molecule has 0 N–H and O–H groups in total. The highest BCUT2D eigenvalue weighted by Gasteiger charge is 2.35. The fourth-order valence-electron chi connectivity index (χ4n) is 6.58. The molecule has 0 bridgehead atoms. The molecule has 0 aliphatic heterocycles. The van der Waals surface area contributed by atoms with Crippen molar-refractivity contribution in [2.45, 2.75) is 133 Å². The average molecular weight is 791 g/mol. The van der Waals surface area contributed by atoms with E-state index in [-0.39, 0.29) is 34.3 Å². The van der Waals surface area contributed by atoms with Gasteiger partial charge in [0.1, 0.15) is 45.8 Å². The predicted molar refractivity (Wildman–Crippen MR) is 232 cm³/mol. The van der Waals surface area contributed by atoms with E-state index in [0.29, 0.717) is 0 Å². The molecule has 0 spiro atoms. The van der Waals surface area contributed by atoms with Crippen LogP contribution in [0, 0.1) is 27.7 Å². The largest absolute Gasteiger partial charge is 0.497 e. The van der Waals surface area contributed by atoms with Crippen LogP contribution < -0.4 is 32.3 Å². The van der Waals surface area contributed by atoms with Crippen LogP contribution in [-0.2, 0) is 16.2 Å². The van der Waals surface area contributed by atoms with Gasteiger partial charge in [-0.3, -0.25) is 0 Å². The molecular weight excluding hydrogens is 726 g/mol. The summed E-state index contributed by atoms with van der Waals surface area (Å²) in [6, 6.07) is 16.0. The van der Waals surface area contributed by atoms with Crippen LogP contribution in [0.2, 0.25) is 0 Å². The van der Waals surface area contributed by atoms with Gasteiger partial charge in [-0.25, -0.2) is 0 Å². The first-order valence-corrected chi connectivity index (χ1v) is 20.5. The molecule has 0 amide bonds. The molecule has 0 saturated heterocycles. The number of aryl methyl sites for hydroxylation is 2. The molecule has 300 valence electrons. The van der Waals surface area contributed by atoms with Crippen molar-refractivity contribution < 1.29 is 32.3 Å². The first kappa shape index (κ1) is 44.1. The second-order valence-corrected chi connectivity index (χ2v) is 19.5. The lowest BCUT2D eigenvalue weighted by molar-refractivity contribution is 0.129. The first-order valence-electron chi connectivity index (χ1n) is 18.9. The topological polar surface area (TPSA) is 64.6 Å². The Kier molecular flexibility index (Phi) is 13.5. The van der Waals surface area contributed by atoms with Crippen molar-refractivity contribution in [3.8, 4) is 51.4 Å². The zero-order chi connectivity index (χ0) is 41.3. The van der Waals surface area contributed by atoms with Gasteiger partial charge in [0, 0.05) is 27.8 Å². The Balaban J connectivity index is 2.06. The third-order valence-corrected chi connectivity index (χ3v) is 10.7. The van der Waals surface area contributed by atoms with Crippen molar-refractivity contribution in [1.82, 2.24) is 0 Å². The molecule has 2 atom stereocenters. The number of benzene rings is 4. The van der Waals surface area contributed by atoms with E-state index in [1.807, 2.05) is 50.2 Å². The van der Waals surface area contributed by atoms with Gasteiger partial charge in [-0.05, 0) is 129 Å². The van der Waals surface area contributed by atoms with Crippen LogP contribution in [0.25, 0.3) is 11.1 Å². The minimum atomic E-state index is -0.444. The summed E-state index contributed by atoms with van der Waals surface area (Å²) >= 11 is 0. The summed E-state index contributed by atoms with van der Waals surface area (Å²) in [5, 5.41) is 0. The molecule has 0 aliphatic rings. The molecule has 0 aromatic heterocycles. The normalized spacial score (nSPS) is 12.8. The average Bonchev–Trinajstić information content (AvgIpc) is 3.05. The van der Waals surface area contributed by atoms with Crippen LogP contribution >= 0.6 is 18.1 Å². The zero-order valence-corrected chi connectivity index (χ0v) is 38.5. The molecule has 0 radical (unpaired) electrons. The van der Waals surface area contributed by atoms with Crippen molar-refractivity contribution in [2.75, 3.05) is 14.2 Å². The molecule has 0 saturated carbocycles. The van der Waals surface area contributed by atoms with Gasteiger partial charge in [0.05, 0.1) is 14.2 Å². The Labute approximate surface area is 335 Å². The van der Waals surface area contributed by atoms with Crippen LogP contribution in [0.3, 0.4) is 0 Å². The zero-order valence-electron chi connectivity index (χ0n) is 36.5. The Morgan fingerprint density at radius 1 is 0.436 bits per heavy atom. The monoisotopic (exact) mass is 790 g/mol. The number of methoxy groups -OCH3 is 2. The van der Waals surface area contributed by atoms with E-state index >= 15 is 0 Å². The molecule has 4 aromatic carbocycles. The third kappa shape index (κ3) is 10.6. The van der Waals surface area contributed by atoms with E-state index in [4.69, 9.17) is 32.3 Å². The maximum absolute atomic E-state index is 6.94. The molecule has 2 unspecified atom stereocenters. The van der Waals surface area contributed by atoms with E-state index in [1.54, 1.807) is 14.2 Å². The van der Waals surface area contributed by atoms with E-state index in [1.165, 1.54) is 5.56 Å². The summed E-state index contributed by atoms with van der Waals surface area (Å²) in [6.07, 6.45) is 0. The van der Waals surface area contributed by atoms with Gasteiger partial charge in [-0.2, -0.15) is 0 Å². The van der Waals surface area contributed by atoms with Gasteiger partial charge in [0.25, 0.3) is 18.1 Å². The van der Waals surface area contributed by atoms with Crippen molar-refractivity contribution >= 4 is 18.1 Å². The molecule has 55 heavy (non-hydrogen) atoms. The van der Waals surface area contributed by atoms with Gasteiger partial charge in [-0.1, -0.05) is 68.4 Å². The molecule has 0 aliphatic carbocycles. The van der Waals surface area contributed by atoms with Gasteiger partial charge >= 0.3 is 0 Å². The summed E-state index contributed by atoms with van der Waals surface area (Å²) < 4.78 is 44.2. The quantitative estimate of drug-likeness (QED) is 0.132. The second-order valence-electron chi connectivity index (χ2n) is 18.4. The Hall–Kier alpha value is -3.66. The van der Waals surface area contributed by atoms with Crippen LogP contribution in [-0.4, -0.2) is 19.8 Å². The van der Waals surface area contributed by atoms with E-state index in [0.717, 1.165) is 84.8 Å².